The fraction of sp³-hybridized carbons (Fsp3) is 0.333. The van der Waals surface area contributed by atoms with Crippen molar-refractivity contribution in [3.8, 4) is 11.3 Å². The number of carbonyl (C=O) groups is 1. The van der Waals surface area contributed by atoms with Crippen LogP contribution in [0.15, 0.2) is 40.9 Å². The molecule has 0 amide bonds. The summed E-state index contributed by atoms with van der Waals surface area (Å²) in [4.78, 5) is 11.4. The molecule has 1 atom stereocenters. The minimum Gasteiger partial charge on any atom is -0.479 e. The van der Waals surface area contributed by atoms with Crippen LogP contribution in [0.3, 0.4) is 0 Å². The van der Waals surface area contributed by atoms with Crippen molar-refractivity contribution in [1.29, 1.82) is 0 Å². The van der Waals surface area contributed by atoms with Gasteiger partial charge in [-0.25, -0.2) is 4.79 Å². The summed E-state index contributed by atoms with van der Waals surface area (Å²) in [6.45, 7) is 0.478. The van der Waals surface area contributed by atoms with Gasteiger partial charge >= 0.3 is 5.97 Å². The van der Waals surface area contributed by atoms with Crippen LogP contribution in [0.2, 0.25) is 0 Å². The second-order valence-electron chi connectivity index (χ2n) is 4.97. The third kappa shape index (κ3) is 2.32. The first-order valence-corrected chi connectivity index (χ1v) is 6.58. The zero-order valence-corrected chi connectivity index (χ0v) is 10.9. The second kappa shape index (κ2) is 5.09. The Labute approximate surface area is 116 Å². The van der Waals surface area contributed by atoms with Crippen molar-refractivity contribution < 1.29 is 19.2 Å². The fourth-order valence-corrected chi connectivity index (χ4v) is 2.50. The summed E-state index contributed by atoms with van der Waals surface area (Å²) in [6.07, 6.45) is 1.47. The van der Waals surface area contributed by atoms with E-state index in [0.29, 0.717) is 24.5 Å². The Bertz CT molecular complexity index is 599. The molecule has 0 spiro atoms. The normalized spacial score (nSPS) is 22.0. The molecule has 1 aliphatic heterocycles. The van der Waals surface area contributed by atoms with Crippen LogP contribution in [-0.2, 0) is 16.0 Å². The summed E-state index contributed by atoms with van der Waals surface area (Å²) < 4.78 is 10.7. The number of aromatic nitrogens is 1. The van der Waals surface area contributed by atoms with E-state index in [0.717, 1.165) is 12.0 Å². The lowest BCUT2D eigenvalue weighted by atomic mass is 9.94. The summed E-state index contributed by atoms with van der Waals surface area (Å²) >= 11 is 0. The highest BCUT2D eigenvalue weighted by Gasteiger charge is 2.44. The summed E-state index contributed by atoms with van der Waals surface area (Å²) in [7, 11) is 0. The molecule has 20 heavy (non-hydrogen) atoms. The van der Waals surface area contributed by atoms with Gasteiger partial charge in [0.1, 0.15) is 11.5 Å². The highest BCUT2D eigenvalue weighted by atomic mass is 16.5. The second-order valence-corrected chi connectivity index (χ2v) is 4.97. The van der Waals surface area contributed by atoms with Crippen LogP contribution in [0, 0.1) is 0 Å². The van der Waals surface area contributed by atoms with E-state index in [4.69, 9.17) is 9.26 Å². The third-order valence-electron chi connectivity index (χ3n) is 3.58. The van der Waals surface area contributed by atoms with Crippen molar-refractivity contribution in [1.82, 2.24) is 5.16 Å². The molecule has 0 unspecified atom stereocenters. The van der Waals surface area contributed by atoms with E-state index in [1.807, 2.05) is 30.3 Å². The van der Waals surface area contributed by atoms with Gasteiger partial charge in [-0.15, -0.1) is 0 Å². The van der Waals surface area contributed by atoms with Crippen LogP contribution in [-0.4, -0.2) is 28.4 Å². The number of carboxylic acid groups (broad SMARTS) is 1. The van der Waals surface area contributed by atoms with Gasteiger partial charge in [0.15, 0.2) is 5.60 Å². The predicted molar refractivity (Wildman–Crippen MR) is 71.2 cm³/mol. The Hall–Kier alpha value is -2.14. The van der Waals surface area contributed by atoms with E-state index >= 15 is 0 Å². The zero-order valence-electron chi connectivity index (χ0n) is 10.9. The van der Waals surface area contributed by atoms with Gasteiger partial charge in [-0.1, -0.05) is 35.5 Å². The van der Waals surface area contributed by atoms with Crippen molar-refractivity contribution in [3.63, 3.8) is 0 Å². The predicted octanol–water partition coefficient (Wildman–Crippen LogP) is 2.52. The highest BCUT2D eigenvalue weighted by molar-refractivity contribution is 5.78. The monoisotopic (exact) mass is 273 g/mol. The quantitative estimate of drug-likeness (QED) is 0.926. The fourth-order valence-electron chi connectivity index (χ4n) is 2.50. The van der Waals surface area contributed by atoms with E-state index in [-0.39, 0.29) is 6.42 Å². The molecule has 0 radical (unpaired) electrons. The molecule has 1 saturated heterocycles. The lowest BCUT2D eigenvalue weighted by Crippen LogP contribution is -2.40. The average Bonchev–Trinajstić information content (AvgIpc) is 3.10. The standard InChI is InChI=1S/C15H15NO4/c17-14(18)15(7-4-8-19-15)10-12-9-13(16-20-12)11-5-2-1-3-6-11/h1-3,5-6,9H,4,7-8,10H2,(H,17,18)/t15-/m0/s1. The minimum atomic E-state index is -1.16. The van der Waals surface area contributed by atoms with E-state index in [1.54, 1.807) is 6.07 Å². The van der Waals surface area contributed by atoms with Crippen molar-refractivity contribution in [2.75, 3.05) is 6.61 Å². The first-order valence-electron chi connectivity index (χ1n) is 6.58. The molecule has 1 fully saturated rings. The first kappa shape index (κ1) is 12.9. The van der Waals surface area contributed by atoms with E-state index < -0.39 is 11.6 Å². The third-order valence-corrected chi connectivity index (χ3v) is 3.58. The number of hydrogen-bond donors (Lipinski definition) is 1. The molecule has 1 aromatic heterocycles. The Kier molecular flexibility index (Phi) is 3.28. The van der Waals surface area contributed by atoms with E-state index in [2.05, 4.69) is 5.16 Å². The van der Waals surface area contributed by atoms with E-state index in [1.165, 1.54) is 0 Å². The maximum absolute atomic E-state index is 11.4. The van der Waals surface area contributed by atoms with Crippen LogP contribution in [0.5, 0.6) is 0 Å². The van der Waals surface area contributed by atoms with Crippen molar-refractivity contribution in [3.05, 3.63) is 42.2 Å². The highest BCUT2D eigenvalue weighted by Crippen LogP contribution is 2.31. The first-order chi connectivity index (χ1) is 9.70. The minimum absolute atomic E-state index is 0.210. The van der Waals surface area contributed by atoms with Crippen LogP contribution in [0.25, 0.3) is 11.3 Å². The van der Waals surface area contributed by atoms with Crippen LogP contribution < -0.4 is 0 Å². The van der Waals surface area contributed by atoms with Gasteiger partial charge in [0.25, 0.3) is 0 Å². The molecule has 0 saturated carbocycles. The number of hydrogen-bond acceptors (Lipinski definition) is 4. The summed E-state index contributed by atoms with van der Waals surface area (Å²) in [6, 6.07) is 11.4. The SMILES string of the molecule is O=C(O)[C@@]1(Cc2cc(-c3ccccc3)no2)CCCO1. The molecule has 0 aliphatic carbocycles. The van der Waals surface area contributed by atoms with Gasteiger partial charge in [-0.2, -0.15) is 0 Å². The number of ether oxygens (including phenoxy) is 1. The maximum Gasteiger partial charge on any atom is 0.336 e. The molecule has 5 nitrogen and oxygen atoms in total. The molecular weight excluding hydrogens is 258 g/mol. The van der Waals surface area contributed by atoms with Gasteiger partial charge in [-0.3, -0.25) is 0 Å². The average molecular weight is 273 g/mol. The summed E-state index contributed by atoms with van der Waals surface area (Å²) in [5.74, 6) is -0.402. The Morgan fingerprint density at radius 3 is 2.80 bits per heavy atom. The summed E-state index contributed by atoms with van der Waals surface area (Å²) in [5.41, 5.74) is 0.492. The molecule has 1 aliphatic rings. The number of nitrogens with zero attached hydrogens (tertiary/aromatic N) is 1. The Balaban J connectivity index is 1.82. The molecular formula is C15H15NO4. The molecule has 1 N–H and O–H groups in total. The molecule has 2 heterocycles. The van der Waals surface area contributed by atoms with Gasteiger partial charge in [0.2, 0.25) is 0 Å². The zero-order chi connectivity index (χ0) is 14.0. The molecule has 3 rings (SSSR count). The molecule has 2 aromatic rings. The van der Waals surface area contributed by atoms with Gasteiger partial charge in [-0.05, 0) is 12.8 Å². The maximum atomic E-state index is 11.4. The molecule has 0 bridgehead atoms. The smallest absolute Gasteiger partial charge is 0.336 e. The largest absolute Gasteiger partial charge is 0.479 e. The van der Waals surface area contributed by atoms with Gasteiger partial charge < -0.3 is 14.4 Å². The van der Waals surface area contributed by atoms with Gasteiger partial charge in [0.05, 0.1) is 0 Å². The Morgan fingerprint density at radius 1 is 1.35 bits per heavy atom. The number of carboxylic acids is 1. The van der Waals surface area contributed by atoms with Crippen molar-refractivity contribution >= 4 is 5.97 Å². The summed E-state index contributed by atoms with van der Waals surface area (Å²) in [5, 5.41) is 13.4. The van der Waals surface area contributed by atoms with Crippen LogP contribution >= 0.6 is 0 Å². The van der Waals surface area contributed by atoms with Gasteiger partial charge in [0, 0.05) is 24.7 Å². The number of aliphatic carboxylic acids is 1. The topological polar surface area (TPSA) is 72.6 Å². The molecule has 1 aromatic carbocycles. The molecule has 104 valence electrons. The Morgan fingerprint density at radius 2 is 2.15 bits per heavy atom. The number of benzene rings is 1. The number of rotatable bonds is 4. The van der Waals surface area contributed by atoms with Crippen molar-refractivity contribution in [2.45, 2.75) is 24.9 Å². The van der Waals surface area contributed by atoms with E-state index in [9.17, 15) is 9.90 Å². The lowest BCUT2D eigenvalue weighted by molar-refractivity contribution is -0.160. The van der Waals surface area contributed by atoms with Crippen molar-refractivity contribution in [2.24, 2.45) is 0 Å². The van der Waals surface area contributed by atoms with Crippen LogP contribution in [0.1, 0.15) is 18.6 Å². The van der Waals surface area contributed by atoms with Crippen LogP contribution in [0.4, 0.5) is 0 Å². The lowest BCUT2D eigenvalue weighted by Gasteiger charge is -2.21. The molecule has 5 heteroatoms.